The summed E-state index contributed by atoms with van der Waals surface area (Å²) in [5.41, 5.74) is 2.74. The molecule has 1 saturated carbocycles. The van der Waals surface area contributed by atoms with Gasteiger partial charge < -0.3 is 9.64 Å². The lowest BCUT2D eigenvalue weighted by Crippen LogP contribution is -2.32. The smallest absolute Gasteiger partial charge is 0.254 e. The largest absolute Gasteiger partial charge is 0.489 e. The second-order valence-corrected chi connectivity index (χ2v) is 6.70. The predicted molar refractivity (Wildman–Crippen MR) is 102 cm³/mol. The number of amides is 1. The normalized spacial score (nSPS) is 13.2. The minimum Gasteiger partial charge on any atom is -0.489 e. The second-order valence-electron chi connectivity index (χ2n) is 6.70. The maximum atomic E-state index is 13.1. The van der Waals surface area contributed by atoms with Crippen LogP contribution in [0.15, 0.2) is 73.3 Å². The van der Waals surface area contributed by atoms with Crippen molar-refractivity contribution in [2.24, 2.45) is 0 Å². The van der Waals surface area contributed by atoms with Gasteiger partial charge >= 0.3 is 0 Å². The summed E-state index contributed by atoms with van der Waals surface area (Å²) in [6.07, 6.45) is 9.16. The third-order valence-electron chi connectivity index (χ3n) is 4.56. The number of ether oxygens (including phenoxy) is 1. The van der Waals surface area contributed by atoms with Gasteiger partial charge in [0.2, 0.25) is 0 Å². The zero-order valence-corrected chi connectivity index (χ0v) is 15.0. The van der Waals surface area contributed by atoms with Crippen LogP contribution in [0, 0.1) is 0 Å². The molecular weight excluding hydrogens is 338 g/mol. The standard InChI is InChI=1S/C22H21N3O2/c26-22(25(20-6-7-20)15-17-8-11-23-12-9-17)19-4-1-5-21(13-19)27-16-18-3-2-10-24-14-18/h1-5,8-14,20H,6-7,15-16H2. The van der Waals surface area contributed by atoms with Crippen molar-refractivity contribution in [1.82, 2.24) is 14.9 Å². The SMILES string of the molecule is O=C(c1cccc(OCc2cccnc2)c1)N(Cc1ccncc1)C1CC1. The molecule has 0 bridgehead atoms. The van der Waals surface area contributed by atoms with E-state index in [-0.39, 0.29) is 5.91 Å². The Labute approximate surface area is 158 Å². The van der Waals surface area contributed by atoms with Crippen molar-refractivity contribution in [2.45, 2.75) is 32.0 Å². The first-order valence-corrected chi connectivity index (χ1v) is 9.11. The predicted octanol–water partition coefficient (Wildman–Crippen LogP) is 3.86. The molecule has 0 N–H and O–H groups in total. The molecule has 1 fully saturated rings. The van der Waals surface area contributed by atoms with E-state index in [0.29, 0.717) is 30.5 Å². The maximum absolute atomic E-state index is 13.1. The highest BCUT2D eigenvalue weighted by atomic mass is 16.5. The molecule has 5 heteroatoms. The third-order valence-corrected chi connectivity index (χ3v) is 4.56. The molecule has 0 aliphatic heterocycles. The molecule has 2 heterocycles. The monoisotopic (exact) mass is 359 g/mol. The van der Waals surface area contributed by atoms with Crippen LogP contribution in [0.5, 0.6) is 5.75 Å². The number of rotatable bonds is 7. The van der Waals surface area contributed by atoms with E-state index in [1.54, 1.807) is 24.8 Å². The molecule has 0 spiro atoms. The Hall–Kier alpha value is -3.21. The number of carbonyl (C=O) groups excluding carboxylic acids is 1. The highest BCUT2D eigenvalue weighted by Gasteiger charge is 2.33. The van der Waals surface area contributed by atoms with Gasteiger partial charge in [-0.05, 0) is 54.8 Å². The zero-order chi connectivity index (χ0) is 18.5. The van der Waals surface area contributed by atoms with E-state index in [2.05, 4.69) is 9.97 Å². The lowest BCUT2D eigenvalue weighted by molar-refractivity contribution is 0.0729. The summed E-state index contributed by atoms with van der Waals surface area (Å²) >= 11 is 0. The molecule has 1 amide bonds. The maximum Gasteiger partial charge on any atom is 0.254 e. The van der Waals surface area contributed by atoms with Gasteiger partial charge in [0.15, 0.2) is 0 Å². The van der Waals surface area contributed by atoms with Crippen LogP contribution in [-0.2, 0) is 13.2 Å². The van der Waals surface area contributed by atoms with Crippen LogP contribution in [0.2, 0.25) is 0 Å². The molecule has 3 aromatic rings. The van der Waals surface area contributed by atoms with E-state index in [0.717, 1.165) is 24.0 Å². The van der Waals surface area contributed by atoms with Crippen molar-refractivity contribution in [2.75, 3.05) is 0 Å². The van der Waals surface area contributed by atoms with Gasteiger partial charge in [-0.1, -0.05) is 12.1 Å². The van der Waals surface area contributed by atoms with Crippen molar-refractivity contribution >= 4 is 5.91 Å². The highest BCUT2D eigenvalue weighted by Crippen LogP contribution is 2.30. The van der Waals surface area contributed by atoms with Crippen molar-refractivity contribution in [3.63, 3.8) is 0 Å². The number of carbonyl (C=O) groups is 1. The van der Waals surface area contributed by atoms with Crippen LogP contribution in [0.25, 0.3) is 0 Å². The summed E-state index contributed by atoms with van der Waals surface area (Å²) in [6, 6.07) is 15.5. The minimum absolute atomic E-state index is 0.0427. The van der Waals surface area contributed by atoms with Crippen LogP contribution in [-0.4, -0.2) is 26.8 Å². The van der Waals surface area contributed by atoms with Crippen molar-refractivity contribution in [3.05, 3.63) is 90.0 Å². The first-order chi connectivity index (χ1) is 13.3. The molecule has 5 nitrogen and oxygen atoms in total. The molecule has 0 saturated heterocycles. The van der Waals surface area contributed by atoms with E-state index in [4.69, 9.17) is 4.74 Å². The number of pyridine rings is 2. The van der Waals surface area contributed by atoms with Gasteiger partial charge in [0, 0.05) is 48.5 Å². The van der Waals surface area contributed by atoms with Gasteiger partial charge in [0.1, 0.15) is 12.4 Å². The summed E-state index contributed by atoms with van der Waals surface area (Å²) < 4.78 is 5.84. The Bertz CT molecular complexity index is 896. The minimum atomic E-state index is 0.0427. The third kappa shape index (κ3) is 4.50. The first kappa shape index (κ1) is 17.2. The van der Waals surface area contributed by atoms with Gasteiger partial charge in [-0.25, -0.2) is 0 Å². The Morgan fingerprint density at radius 3 is 2.59 bits per heavy atom. The zero-order valence-electron chi connectivity index (χ0n) is 15.0. The fourth-order valence-electron chi connectivity index (χ4n) is 2.97. The lowest BCUT2D eigenvalue weighted by atomic mass is 10.1. The van der Waals surface area contributed by atoms with E-state index >= 15 is 0 Å². The van der Waals surface area contributed by atoms with Crippen LogP contribution in [0.4, 0.5) is 0 Å². The fourth-order valence-corrected chi connectivity index (χ4v) is 2.97. The van der Waals surface area contributed by atoms with Gasteiger partial charge in [-0.2, -0.15) is 0 Å². The number of nitrogens with zero attached hydrogens (tertiary/aromatic N) is 3. The number of benzene rings is 1. The second kappa shape index (κ2) is 7.99. The molecule has 27 heavy (non-hydrogen) atoms. The van der Waals surface area contributed by atoms with Crippen LogP contribution in [0.1, 0.15) is 34.3 Å². The molecule has 1 aromatic carbocycles. The average molecular weight is 359 g/mol. The summed E-state index contributed by atoms with van der Waals surface area (Å²) in [5, 5.41) is 0. The Morgan fingerprint density at radius 1 is 1.00 bits per heavy atom. The number of hydrogen-bond donors (Lipinski definition) is 0. The average Bonchev–Trinajstić information content (AvgIpc) is 3.57. The van der Waals surface area contributed by atoms with Crippen molar-refractivity contribution < 1.29 is 9.53 Å². The van der Waals surface area contributed by atoms with E-state index in [9.17, 15) is 4.79 Å². The van der Waals surface area contributed by atoms with E-state index in [1.165, 1.54) is 0 Å². The van der Waals surface area contributed by atoms with Gasteiger partial charge in [-0.3, -0.25) is 14.8 Å². The molecule has 2 aromatic heterocycles. The molecule has 1 aliphatic rings. The van der Waals surface area contributed by atoms with Gasteiger partial charge in [0.25, 0.3) is 5.91 Å². The summed E-state index contributed by atoms with van der Waals surface area (Å²) in [6.45, 7) is 1.03. The Morgan fingerprint density at radius 2 is 1.85 bits per heavy atom. The van der Waals surface area contributed by atoms with Gasteiger partial charge in [0.05, 0.1) is 0 Å². The van der Waals surface area contributed by atoms with E-state index < -0.39 is 0 Å². The number of hydrogen-bond acceptors (Lipinski definition) is 4. The fraction of sp³-hybridized carbons (Fsp3) is 0.227. The van der Waals surface area contributed by atoms with Crippen LogP contribution in [0.3, 0.4) is 0 Å². The topological polar surface area (TPSA) is 55.3 Å². The quantitative estimate of drug-likeness (QED) is 0.643. The number of aromatic nitrogens is 2. The van der Waals surface area contributed by atoms with E-state index in [1.807, 2.05) is 53.4 Å². The lowest BCUT2D eigenvalue weighted by Gasteiger charge is -2.23. The molecular formula is C22H21N3O2. The Kier molecular flexibility index (Phi) is 5.10. The van der Waals surface area contributed by atoms with Crippen molar-refractivity contribution in [1.29, 1.82) is 0 Å². The molecule has 0 radical (unpaired) electrons. The van der Waals surface area contributed by atoms with Crippen molar-refractivity contribution in [3.8, 4) is 5.75 Å². The van der Waals surface area contributed by atoms with Gasteiger partial charge in [-0.15, -0.1) is 0 Å². The summed E-state index contributed by atoms with van der Waals surface area (Å²) in [4.78, 5) is 23.2. The molecule has 136 valence electrons. The highest BCUT2D eigenvalue weighted by molar-refractivity contribution is 5.95. The first-order valence-electron chi connectivity index (χ1n) is 9.11. The summed E-state index contributed by atoms with van der Waals surface area (Å²) in [7, 11) is 0. The Balaban J connectivity index is 1.47. The molecule has 4 rings (SSSR count). The molecule has 0 unspecified atom stereocenters. The molecule has 0 atom stereocenters. The molecule has 1 aliphatic carbocycles. The van der Waals surface area contributed by atoms with Crippen LogP contribution >= 0.6 is 0 Å². The summed E-state index contributed by atoms with van der Waals surface area (Å²) in [5.74, 6) is 0.727. The van der Waals surface area contributed by atoms with Crippen LogP contribution < -0.4 is 4.74 Å².